The summed E-state index contributed by atoms with van der Waals surface area (Å²) in [5.74, 6) is 1.57. The van der Waals surface area contributed by atoms with Crippen molar-refractivity contribution >= 4 is 29.1 Å². The second kappa shape index (κ2) is 14.0. The van der Waals surface area contributed by atoms with Gasteiger partial charge in [0.15, 0.2) is 5.15 Å². The van der Waals surface area contributed by atoms with Crippen LogP contribution in [0.5, 0.6) is 5.75 Å². The number of rotatable bonds is 2. The Balaban J connectivity index is 0.000000446. The van der Waals surface area contributed by atoms with E-state index in [0.717, 1.165) is 12.0 Å². The number of aromatic amines is 1. The van der Waals surface area contributed by atoms with Gasteiger partial charge in [0, 0.05) is 12.1 Å². The molecular formula is C22H36ClN3O4. The van der Waals surface area contributed by atoms with E-state index in [0.29, 0.717) is 23.3 Å². The third-order valence-corrected chi connectivity index (χ3v) is 4.44. The topological polar surface area (TPSA) is 93.3 Å². The van der Waals surface area contributed by atoms with Crippen molar-refractivity contribution in [2.75, 3.05) is 13.7 Å². The lowest BCUT2D eigenvalue weighted by molar-refractivity contribution is -0.138. The van der Waals surface area contributed by atoms with Crippen LogP contribution in [0.2, 0.25) is 5.15 Å². The lowest BCUT2D eigenvalue weighted by atomic mass is 10.1. The van der Waals surface area contributed by atoms with E-state index >= 15 is 0 Å². The van der Waals surface area contributed by atoms with Gasteiger partial charge in [0.2, 0.25) is 0 Å². The zero-order valence-corrected chi connectivity index (χ0v) is 20.1. The van der Waals surface area contributed by atoms with E-state index in [2.05, 4.69) is 33.9 Å². The molecule has 2 aromatic rings. The van der Waals surface area contributed by atoms with E-state index < -0.39 is 5.56 Å². The number of nitrogens with zero attached hydrogens (tertiary/aromatic N) is 1. The molecule has 1 fully saturated rings. The maximum absolute atomic E-state index is 11.1. The molecule has 7 nitrogen and oxygen atoms in total. The van der Waals surface area contributed by atoms with E-state index in [-0.39, 0.29) is 10.8 Å². The number of carbonyl (C=O) groups is 1. The molecule has 3 rings (SSSR count). The van der Waals surface area contributed by atoms with Gasteiger partial charge in [-0.05, 0) is 58.7 Å². The van der Waals surface area contributed by atoms with Gasteiger partial charge in [0.05, 0.1) is 18.1 Å². The van der Waals surface area contributed by atoms with E-state index in [1.807, 2.05) is 34.6 Å². The number of benzene rings is 1. The Morgan fingerprint density at radius 2 is 1.87 bits per heavy atom. The number of aromatic nitrogens is 2. The third-order valence-electron chi connectivity index (χ3n) is 4.18. The molecule has 0 radical (unpaired) electrons. The minimum atomic E-state index is -0.396. The van der Waals surface area contributed by atoms with E-state index in [1.54, 1.807) is 25.3 Å². The van der Waals surface area contributed by atoms with Crippen molar-refractivity contribution in [3.63, 3.8) is 0 Å². The fourth-order valence-electron chi connectivity index (χ4n) is 2.30. The molecule has 0 bridgehead atoms. The molecule has 0 saturated carbocycles. The van der Waals surface area contributed by atoms with Gasteiger partial charge >= 0.3 is 0 Å². The second-order valence-corrected chi connectivity index (χ2v) is 7.93. The number of ether oxygens (including phenoxy) is 2. The molecule has 0 aliphatic carbocycles. The first-order valence-electron chi connectivity index (χ1n) is 10.2. The van der Waals surface area contributed by atoms with Crippen molar-refractivity contribution in [2.24, 2.45) is 5.92 Å². The Morgan fingerprint density at radius 3 is 2.23 bits per heavy atom. The summed E-state index contributed by atoms with van der Waals surface area (Å²) in [5, 5.41) is 3.32. The number of carbonyl (C=O) groups excluding carboxylic acids is 1. The van der Waals surface area contributed by atoms with Gasteiger partial charge in [-0.3, -0.25) is 9.59 Å². The lowest BCUT2D eigenvalue weighted by Crippen LogP contribution is -2.20. The van der Waals surface area contributed by atoms with Gasteiger partial charge in [-0.15, -0.1) is 0 Å². The molecule has 30 heavy (non-hydrogen) atoms. The Kier molecular flexibility index (Phi) is 13.0. The molecule has 0 spiro atoms. The predicted molar refractivity (Wildman–Crippen MR) is 123 cm³/mol. The summed E-state index contributed by atoms with van der Waals surface area (Å²) < 4.78 is 9.56. The van der Waals surface area contributed by atoms with Crippen molar-refractivity contribution in [2.45, 2.75) is 66.5 Å². The molecule has 0 amide bonds. The van der Waals surface area contributed by atoms with Crippen LogP contribution in [0.15, 0.2) is 23.0 Å². The van der Waals surface area contributed by atoms with Crippen molar-refractivity contribution in [3.8, 4) is 5.75 Å². The maximum Gasteiger partial charge on any atom is 0.293 e. The van der Waals surface area contributed by atoms with Crippen LogP contribution in [0.1, 0.15) is 54.9 Å². The summed E-state index contributed by atoms with van der Waals surface area (Å²) >= 11 is 5.58. The normalized spacial score (nSPS) is 17.4. The minimum Gasteiger partial charge on any atom is -0.497 e. The van der Waals surface area contributed by atoms with Gasteiger partial charge < -0.3 is 19.8 Å². The number of hydrogen-bond donors (Lipinski definition) is 2. The fraction of sp³-hybridized carbons (Fsp3) is 0.591. The molecular weight excluding hydrogens is 406 g/mol. The average molecular weight is 442 g/mol. The van der Waals surface area contributed by atoms with Crippen molar-refractivity contribution in [1.29, 1.82) is 0 Å². The second-order valence-electron chi connectivity index (χ2n) is 7.58. The summed E-state index contributed by atoms with van der Waals surface area (Å²) in [4.78, 5) is 27.3. The highest BCUT2D eigenvalue weighted by atomic mass is 35.5. The molecule has 1 aromatic carbocycles. The highest BCUT2D eigenvalue weighted by Crippen LogP contribution is 2.17. The predicted octanol–water partition coefficient (Wildman–Crippen LogP) is 4.57. The Labute approximate surface area is 184 Å². The third kappa shape index (κ3) is 10.6. The molecule has 1 aliphatic rings. The first-order chi connectivity index (χ1) is 14.1. The summed E-state index contributed by atoms with van der Waals surface area (Å²) in [6.45, 7) is 15.7. The Hall–Kier alpha value is -2.12. The smallest absolute Gasteiger partial charge is 0.293 e. The van der Waals surface area contributed by atoms with Crippen LogP contribution in [0.4, 0.5) is 0 Å². The van der Waals surface area contributed by atoms with Gasteiger partial charge in [-0.1, -0.05) is 32.4 Å². The van der Waals surface area contributed by atoms with Gasteiger partial charge in [0.25, 0.3) is 12.0 Å². The van der Waals surface area contributed by atoms with Crippen LogP contribution >= 0.6 is 11.6 Å². The summed E-state index contributed by atoms with van der Waals surface area (Å²) in [6, 6.07) is 5.94. The van der Waals surface area contributed by atoms with E-state index in [9.17, 15) is 9.59 Å². The molecule has 2 atom stereocenters. The zero-order valence-electron chi connectivity index (χ0n) is 19.3. The van der Waals surface area contributed by atoms with E-state index in [1.165, 1.54) is 13.0 Å². The quantitative estimate of drug-likeness (QED) is 0.663. The standard InChI is InChI=1S/C9H7ClN2O2.C6H13N.C5H10O2.C2H6/c1-14-5-2-3-6-7(4-5)12-9(13)8(10)11-6;1-5-3-4-7-6(5)2;1-5(2,3)7-4-6;1-2/h2-4H,1H3,(H,12,13);5-7H,3-4H2,1-2H3;4H,1-3H3;1-2H3. The van der Waals surface area contributed by atoms with Crippen LogP contribution in [0.3, 0.4) is 0 Å². The van der Waals surface area contributed by atoms with Crippen LogP contribution in [-0.2, 0) is 9.53 Å². The average Bonchev–Trinajstić information content (AvgIpc) is 3.07. The molecule has 1 aromatic heterocycles. The lowest BCUT2D eigenvalue weighted by Gasteiger charge is -2.14. The maximum atomic E-state index is 11.1. The Bertz CT molecular complexity index is 810. The number of H-pyrrole nitrogens is 1. The number of methoxy groups -OCH3 is 1. The zero-order chi connectivity index (χ0) is 23.3. The first-order valence-corrected chi connectivity index (χ1v) is 10.5. The SMILES string of the molecule is CC.CC(C)(C)OC=O.CC1CCNC1C.COc1ccc2nc(Cl)c(=O)[nH]c2c1. The highest BCUT2D eigenvalue weighted by Gasteiger charge is 2.16. The number of fused-ring (bicyclic) bond motifs is 1. The van der Waals surface area contributed by atoms with Gasteiger partial charge in [-0.25, -0.2) is 4.98 Å². The summed E-state index contributed by atoms with van der Waals surface area (Å²) in [7, 11) is 1.56. The van der Waals surface area contributed by atoms with Crippen LogP contribution in [-0.4, -0.2) is 41.7 Å². The van der Waals surface area contributed by atoms with Crippen LogP contribution in [0, 0.1) is 5.92 Å². The van der Waals surface area contributed by atoms with Crippen molar-refractivity contribution in [3.05, 3.63) is 33.7 Å². The molecule has 8 heteroatoms. The van der Waals surface area contributed by atoms with Gasteiger partial charge in [0.1, 0.15) is 11.4 Å². The number of hydrogen-bond acceptors (Lipinski definition) is 6. The Morgan fingerprint density at radius 1 is 1.23 bits per heavy atom. The molecule has 2 unspecified atom stereocenters. The molecule has 2 heterocycles. The van der Waals surface area contributed by atoms with Crippen LogP contribution < -0.4 is 15.6 Å². The fourth-order valence-corrected chi connectivity index (χ4v) is 2.44. The van der Waals surface area contributed by atoms with Gasteiger partial charge in [-0.2, -0.15) is 0 Å². The molecule has 1 saturated heterocycles. The molecule has 170 valence electrons. The molecule has 1 aliphatic heterocycles. The highest BCUT2D eigenvalue weighted by molar-refractivity contribution is 6.29. The molecule has 2 N–H and O–H groups in total. The monoisotopic (exact) mass is 441 g/mol. The van der Waals surface area contributed by atoms with E-state index in [4.69, 9.17) is 16.3 Å². The number of nitrogens with one attached hydrogen (secondary N) is 2. The van der Waals surface area contributed by atoms with Crippen molar-refractivity contribution in [1.82, 2.24) is 15.3 Å². The largest absolute Gasteiger partial charge is 0.497 e. The summed E-state index contributed by atoms with van der Waals surface area (Å²) in [5.41, 5.74) is 0.531. The number of halogens is 1. The van der Waals surface area contributed by atoms with Crippen molar-refractivity contribution < 1.29 is 14.3 Å². The minimum absolute atomic E-state index is 0.0531. The summed E-state index contributed by atoms with van der Waals surface area (Å²) in [6.07, 6.45) is 1.36. The first kappa shape index (κ1) is 27.9. The van der Waals surface area contributed by atoms with Crippen LogP contribution in [0.25, 0.3) is 11.0 Å².